The minimum atomic E-state index is -0.647. The highest BCUT2D eigenvalue weighted by Gasteiger charge is 2.47. The quantitative estimate of drug-likeness (QED) is 0.0892. The lowest BCUT2D eigenvalue weighted by Crippen LogP contribution is -2.55. The summed E-state index contributed by atoms with van der Waals surface area (Å²) in [5.41, 5.74) is 9.46. The molecule has 3 aliphatic rings. The van der Waals surface area contributed by atoms with E-state index < -0.39 is 9.99 Å². The van der Waals surface area contributed by atoms with Gasteiger partial charge in [-0.25, -0.2) is 0 Å². The Bertz CT molecular complexity index is 1070. The molecule has 5 nitrogen and oxygen atoms in total. The second-order valence-corrected chi connectivity index (χ2v) is 17.8. The molecule has 0 radical (unpaired) electrons. The van der Waals surface area contributed by atoms with Crippen LogP contribution in [0.1, 0.15) is 93.8 Å². The summed E-state index contributed by atoms with van der Waals surface area (Å²) < 4.78 is 12.2. The molecule has 45 heavy (non-hydrogen) atoms. The van der Waals surface area contributed by atoms with Crippen LogP contribution in [0, 0.1) is 5.92 Å². The van der Waals surface area contributed by atoms with Crippen LogP contribution in [0.3, 0.4) is 0 Å². The van der Waals surface area contributed by atoms with Gasteiger partial charge in [-0.1, -0.05) is 107 Å². The van der Waals surface area contributed by atoms with Gasteiger partial charge in [0.15, 0.2) is 5.79 Å². The van der Waals surface area contributed by atoms with Crippen molar-refractivity contribution in [2.75, 3.05) is 37.8 Å². The van der Waals surface area contributed by atoms with Gasteiger partial charge in [0.05, 0.1) is 13.2 Å². The lowest BCUT2D eigenvalue weighted by Gasteiger charge is -2.39. The fourth-order valence-electron chi connectivity index (χ4n) is 6.23. The molecule has 3 unspecified atom stereocenters. The van der Waals surface area contributed by atoms with Crippen molar-refractivity contribution in [2.24, 2.45) is 11.7 Å². The standard InChI is InChI=1S/C26H36N2O2S4.C10H21N/c1-19(2)15-25(29-13-14-30-25)24(32-16-22(31)20-9-5-3-6-10-20)28-18-26(27)33-17-23(34-26)21-11-7-4-8-12-21;1-2-9-11-10-7-5-3-4-6-8-10/h3-12,19,22-24,28,31H,13-18,27H2,1-2H3;10-11H,2-9H2,1H3/t22?,23?,24?,26-;/m1./s1. The number of benzene rings is 2. The third-order valence-corrected chi connectivity index (χ3v) is 13.9. The summed E-state index contributed by atoms with van der Waals surface area (Å²) in [6.07, 6.45) is 10.8. The number of hydrogen-bond acceptors (Lipinski definition) is 9. The van der Waals surface area contributed by atoms with Crippen LogP contribution in [-0.2, 0) is 9.47 Å². The number of thioether (sulfide) groups is 3. The van der Waals surface area contributed by atoms with Gasteiger partial charge in [0, 0.05) is 41.0 Å². The van der Waals surface area contributed by atoms with Gasteiger partial charge in [-0.15, -0.1) is 35.3 Å². The van der Waals surface area contributed by atoms with Gasteiger partial charge in [0.1, 0.15) is 9.58 Å². The fourth-order valence-corrected chi connectivity index (χ4v) is 11.0. The molecule has 5 rings (SSSR count). The summed E-state index contributed by atoms with van der Waals surface area (Å²) in [5.74, 6) is 1.67. The van der Waals surface area contributed by atoms with E-state index in [1.54, 1.807) is 0 Å². The molecular formula is C36H57N3O2S4. The smallest absolute Gasteiger partial charge is 0.193 e. The van der Waals surface area contributed by atoms with Crippen molar-refractivity contribution in [3.05, 3.63) is 71.8 Å². The van der Waals surface area contributed by atoms with E-state index in [4.69, 9.17) is 27.8 Å². The normalized spacial score (nSPS) is 25.0. The molecule has 3 fully saturated rings. The molecule has 1 saturated carbocycles. The first-order chi connectivity index (χ1) is 21.8. The number of ether oxygens (including phenoxy) is 2. The van der Waals surface area contributed by atoms with Crippen LogP contribution in [0.4, 0.5) is 0 Å². The molecule has 2 heterocycles. The average Bonchev–Trinajstić information content (AvgIpc) is 3.59. The van der Waals surface area contributed by atoms with E-state index in [-0.39, 0.29) is 10.6 Å². The predicted molar refractivity (Wildman–Crippen MR) is 202 cm³/mol. The third-order valence-electron chi connectivity index (χ3n) is 8.54. The van der Waals surface area contributed by atoms with Crippen molar-refractivity contribution in [1.82, 2.24) is 10.6 Å². The summed E-state index contributed by atoms with van der Waals surface area (Å²) in [7, 11) is 0. The second-order valence-electron chi connectivity index (χ2n) is 12.9. The average molecular weight is 692 g/mol. The lowest BCUT2D eigenvalue weighted by molar-refractivity contribution is -0.172. The Morgan fingerprint density at radius 2 is 1.62 bits per heavy atom. The first-order valence-electron chi connectivity index (χ1n) is 17.1. The largest absolute Gasteiger partial charge is 0.345 e. The maximum Gasteiger partial charge on any atom is 0.193 e. The Labute approximate surface area is 291 Å². The molecule has 2 aliphatic heterocycles. The van der Waals surface area contributed by atoms with Crippen LogP contribution in [0.2, 0.25) is 0 Å². The summed E-state index contributed by atoms with van der Waals surface area (Å²) in [6, 6.07) is 22.0. The Balaban J connectivity index is 0.000000354. The van der Waals surface area contributed by atoms with Gasteiger partial charge in [0.2, 0.25) is 0 Å². The number of hydrogen-bond donors (Lipinski definition) is 4. The van der Waals surface area contributed by atoms with Crippen molar-refractivity contribution >= 4 is 47.9 Å². The fraction of sp³-hybridized carbons (Fsp3) is 0.667. The van der Waals surface area contributed by atoms with Crippen LogP contribution in [0.5, 0.6) is 0 Å². The van der Waals surface area contributed by atoms with Crippen molar-refractivity contribution in [2.45, 2.75) is 104 Å². The summed E-state index contributed by atoms with van der Waals surface area (Å²) in [4.78, 5) is 0. The van der Waals surface area contributed by atoms with Gasteiger partial charge in [-0.05, 0) is 42.9 Å². The van der Waals surface area contributed by atoms with Crippen LogP contribution in [-0.4, -0.2) is 59.2 Å². The second kappa shape index (κ2) is 19.6. The topological polar surface area (TPSA) is 68.5 Å². The van der Waals surface area contributed by atoms with E-state index in [9.17, 15) is 0 Å². The molecule has 2 saturated heterocycles. The van der Waals surface area contributed by atoms with E-state index in [1.807, 2.05) is 41.4 Å². The molecule has 1 aliphatic carbocycles. The summed E-state index contributed by atoms with van der Waals surface area (Å²) >= 11 is 10.4. The Morgan fingerprint density at radius 1 is 0.978 bits per heavy atom. The van der Waals surface area contributed by atoms with E-state index in [0.29, 0.717) is 30.9 Å². The van der Waals surface area contributed by atoms with Gasteiger partial charge in [-0.3, -0.25) is 5.32 Å². The SMILES string of the molecule is CC(C)CC1(C(NC[C@@]2(N)SCC(c3ccccc3)S2)SCC(S)c2ccccc2)OCCO1.CCCNC1CCCCCC1. The molecule has 0 aromatic heterocycles. The molecule has 9 heteroatoms. The molecule has 2 aromatic rings. The lowest BCUT2D eigenvalue weighted by atomic mass is 10.0. The zero-order chi connectivity index (χ0) is 32.0. The Hall–Kier alpha value is -0.360. The van der Waals surface area contributed by atoms with Gasteiger partial charge >= 0.3 is 0 Å². The molecule has 0 spiro atoms. The van der Waals surface area contributed by atoms with Crippen LogP contribution in [0.25, 0.3) is 0 Å². The maximum atomic E-state index is 6.88. The van der Waals surface area contributed by atoms with Crippen molar-refractivity contribution < 1.29 is 9.47 Å². The zero-order valence-electron chi connectivity index (χ0n) is 27.6. The molecule has 4 N–H and O–H groups in total. The Morgan fingerprint density at radius 3 is 2.24 bits per heavy atom. The van der Waals surface area contributed by atoms with E-state index in [1.165, 1.54) is 62.6 Å². The van der Waals surface area contributed by atoms with Gasteiger partial charge in [0.25, 0.3) is 0 Å². The van der Waals surface area contributed by atoms with E-state index in [0.717, 1.165) is 24.0 Å². The molecule has 0 bridgehead atoms. The monoisotopic (exact) mass is 691 g/mol. The maximum absolute atomic E-state index is 6.88. The number of nitrogens with two attached hydrogens (primary N) is 1. The third kappa shape index (κ3) is 12.2. The first kappa shape index (κ1) is 37.5. The molecule has 0 amide bonds. The predicted octanol–water partition coefficient (Wildman–Crippen LogP) is 8.64. The first-order valence-corrected chi connectivity index (χ1v) is 20.5. The highest BCUT2D eigenvalue weighted by molar-refractivity contribution is 8.21. The van der Waals surface area contributed by atoms with Crippen molar-refractivity contribution in [3.8, 4) is 0 Å². The van der Waals surface area contributed by atoms with Crippen molar-refractivity contribution in [1.29, 1.82) is 0 Å². The zero-order valence-corrected chi connectivity index (χ0v) is 31.0. The van der Waals surface area contributed by atoms with Crippen molar-refractivity contribution in [3.63, 3.8) is 0 Å². The molecule has 4 atom stereocenters. The minimum absolute atomic E-state index is 0.0341. The molecular weight excluding hydrogens is 635 g/mol. The van der Waals surface area contributed by atoms with Gasteiger partial charge < -0.3 is 20.5 Å². The number of thiol groups is 1. The van der Waals surface area contributed by atoms with E-state index >= 15 is 0 Å². The number of nitrogens with one attached hydrogen (secondary N) is 2. The van der Waals surface area contributed by atoms with Crippen LogP contribution >= 0.6 is 47.9 Å². The Kier molecular flexibility index (Phi) is 16.3. The van der Waals surface area contributed by atoms with E-state index in [2.05, 4.69) is 86.0 Å². The highest BCUT2D eigenvalue weighted by atomic mass is 32.2. The summed E-state index contributed by atoms with van der Waals surface area (Å²) in [5, 5.41) is 7.91. The summed E-state index contributed by atoms with van der Waals surface area (Å²) in [6.45, 7) is 9.82. The van der Waals surface area contributed by atoms with Crippen LogP contribution in [0.15, 0.2) is 60.7 Å². The molecule has 2 aromatic carbocycles. The molecule has 252 valence electrons. The van der Waals surface area contributed by atoms with Crippen LogP contribution < -0.4 is 16.4 Å². The minimum Gasteiger partial charge on any atom is -0.345 e. The van der Waals surface area contributed by atoms with Gasteiger partial charge in [-0.2, -0.15) is 12.6 Å². The number of rotatable bonds is 14. The highest BCUT2D eigenvalue weighted by Crippen LogP contribution is 2.52.